The fourth-order valence-corrected chi connectivity index (χ4v) is 3.45. The molecule has 1 aliphatic carbocycles. The van der Waals surface area contributed by atoms with Gasteiger partial charge in [-0.05, 0) is 61.4 Å². The Labute approximate surface area is 186 Å². The first kappa shape index (κ1) is 22.8. The Morgan fingerprint density at radius 2 is 1.50 bits per heavy atom. The second kappa shape index (κ2) is 10.4. The molecule has 168 valence electrons. The van der Waals surface area contributed by atoms with Crippen LogP contribution in [0.1, 0.15) is 46.4 Å². The Kier molecular flexibility index (Phi) is 7.43. The standard InChI is InChI=1S/C23H26N4O5/c1-27(18-4-2-3-5-18)20(28)14-31-21(29)15-8-12-19(13-9-15)32-22(30)16-6-10-17(11-7-16)26-23(24)25/h6-13,18H,2-5,14H2,1H3,(H4,24,25,26). The topological polar surface area (TPSA) is 137 Å². The molecule has 3 rings (SSSR count). The maximum absolute atomic E-state index is 12.3. The largest absolute Gasteiger partial charge is 0.452 e. The maximum atomic E-state index is 12.3. The summed E-state index contributed by atoms with van der Waals surface area (Å²) in [7, 11) is 1.74. The Hall–Kier alpha value is -3.88. The number of ether oxygens (including phenoxy) is 2. The second-order valence-electron chi connectivity index (χ2n) is 7.52. The molecule has 0 aliphatic heterocycles. The number of carbonyl (C=O) groups excluding carboxylic acids is 3. The molecule has 0 aromatic heterocycles. The van der Waals surface area contributed by atoms with Crippen LogP contribution in [0.2, 0.25) is 0 Å². The van der Waals surface area contributed by atoms with Crippen molar-refractivity contribution >= 4 is 29.5 Å². The van der Waals surface area contributed by atoms with Crippen LogP contribution >= 0.6 is 0 Å². The van der Waals surface area contributed by atoms with Crippen molar-refractivity contribution in [1.82, 2.24) is 4.90 Å². The lowest BCUT2D eigenvalue weighted by molar-refractivity contribution is -0.135. The molecule has 4 N–H and O–H groups in total. The highest BCUT2D eigenvalue weighted by Crippen LogP contribution is 2.22. The normalized spacial score (nSPS) is 13.3. The van der Waals surface area contributed by atoms with E-state index in [0.717, 1.165) is 25.7 Å². The number of esters is 2. The highest BCUT2D eigenvalue weighted by molar-refractivity contribution is 5.93. The van der Waals surface area contributed by atoms with Crippen molar-refractivity contribution < 1.29 is 23.9 Å². The molecule has 0 atom stereocenters. The summed E-state index contributed by atoms with van der Waals surface area (Å²) in [6.07, 6.45) is 4.19. The molecule has 1 amide bonds. The minimum atomic E-state index is -0.619. The van der Waals surface area contributed by atoms with E-state index in [2.05, 4.69) is 4.99 Å². The summed E-state index contributed by atoms with van der Waals surface area (Å²) >= 11 is 0. The summed E-state index contributed by atoms with van der Waals surface area (Å²) in [5.74, 6) is -1.23. The van der Waals surface area contributed by atoms with E-state index in [0.29, 0.717) is 11.3 Å². The molecule has 2 aromatic rings. The molecule has 0 heterocycles. The number of hydrogen-bond donors (Lipinski definition) is 2. The third-order valence-corrected chi connectivity index (χ3v) is 5.25. The van der Waals surface area contributed by atoms with Crippen molar-refractivity contribution in [1.29, 1.82) is 0 Å². The third kappa shape index (κ3) is 6.07. The predicted molar refractivity (Wildman–Crippen MR) is 119 cm³/mol. The zero-order valence-corrected chi connectivity index (χ0v) is 17.8. The monoisotopic (exact) mass is 438 g/mol. The van der Waals surface area contributed by atoms with Crippen molar-refractivity contribution in [3.05, 3.63) is 59.7 Å². The molecule has 1 fully saturated rings. The first-order valence-corrected chi connectivity index (χ1v) is 10.3. The number of amides is 1. The van der Waals surface area contributed by atoms with Crippen molar-refractivity contribution in [2.45, 2.75) is 31.7 Å². The molecular weight excluding hydrogens is 412 g/mol. The summed E-state index contributed by atoms with van der Waals surface area (Å²) in [5, 5.41) is 0. The van der Waals surface area contributed by atoms with E-state index in [9.17, 15) is 14.4 Å². The van der Waals surface area contributed by atoms with Gasteiger partial charge in [0.1, 0.15) is 5.75 Å². The summed E-state index contributed by atoms with van der Waals surface area (Å²) in [6.45, 7) is -0.307. The number of guanidine groups is 1. The highest BCUT2D eigenvalue weighted by Gasteiger charge is 2.24. The van der Waals surface area contributed by atoms with Crippen molar-refractivity contribution in [3.63, 3.8) is 0 Å². The van der Waals surface area contributed by atoms with Gasteiger partial charge in [0.25, 0.3) is 5.91 Å². The van der Waals surface area contributed by atoms with E-state index in [1.54, 1.807) is 24.1 Å². The summed E-state index contributed by atoms with van der Waals surface area (Å²) in [5.41, 5.74) is 11.7. The first-order valence-electron chi connectivity index (χ1n) is 10.3. The van der Waals surface area contributed by atoms with Crippen LogP contribution in [0.15, 0.2) is 53.5 Å². The quantitative estimate of drug-likeness (QED) is 0.293. The summed E-state index contributed by atoms with van der Waals surface area (Å²) in [4.78, 5) is 42.3. The van der Waals surface area contributed by atoms with Crippen LogP contribution in [0.3, 0.4) is 0 Å². The van der Waals surface area contributed by atoms with Crippen LogP contribution in [0.4, 0.5) is 5.69 Å². The Bertz CT molecular complexity index is 992. The molecule has 0 spiro atoms. The van der Waals surface area contributed by atoms with Crippen LogP contribution in [0.5, 0.6) is 5.75 Å². The number of benzene rings is 2. The van der Waals surface area contributed by atoms with E-state index in [4.69, 9.17) is 20.9 Å². The number of aliphatic imine (C=N–C) groups is 1. The third-order valence-electron chi connectivity index (χ3n) is 5.25. The van der Waals surface area contributed by atoms with Gasteiger partial charge < -0.3 is 25.8 Å². The van der Waals surface area contributed by atoms with Gasteiger partial charge in [0, 0.05) is 13.1 Å². The van der Waals surface area contributed by atoms with Gasteiger partial charge >= 0.3 is 11.9 Å². The Morgan fingerprint density at radius 3 is 2.09 bits per heavy atom. The van der Waals surface area contributed by atoms with Crippen LogP contribution in [-0.2, 0) is 9.53 Å². The molecule has 9 nitrogen and oxygen atoms in total. The number of rotatable bonds is 7. The molecule has 1 saturated carbocycles. The fraction of sp³-hybridized carbons (Fsp3) is 0.304. The number of nitrogens with two attached hydrogens (primary N) is 2. The lowest BCUT2D eigenvalue weighted by atomic mass is 10.2. The van der Waals surface area contributed by atoms with Gasteiger partial charge in [0.15, 0.2) is 12.6 Å². The summed E-state index contributed by atoms with van der Waals surface area (Å²) in [6, 6.07) is 12.4. The number of carbonyl (C=O) groups is 3. The molecule has 9 heteroatoms. The van der Waals surface area contributed by atoms with Crippen molar-refractivity contribution in [2.75, 3.05) is 13.7 Å². The van der Waals surface area contributed by atoms with Gasteiger partial charge in [-0.25, -0.2) is 14.6 Å². The zero-order valence-electron chi connectivity index (χ0n) is 17.8. The predicted octanol–water partition coefficient (Wildman–Crippen LogP) is 2.37. The zero-order chi connectivity index (χ0) is 23.1. The highest BCUT2D eigenvalue weighted by atomic mass is 16.5. The van der Waals surface area contributed by atoms with Gasteiger partial charge in [-0.3, -0.25) is 4.79 Å². The molecule has 0 saturated heterocycles. The van der Waals surface area contributed by atoms with Gasteiger partial charge in [-0.1, -0.05) is 12.8 Å². The van der Waals surface area contributed by atoms with E-state index in [1.165, 1.54) is 36.4 Å². The van der Waals surface area contributed by atoms with E-state index in [1.807, 2.05) is 0 Å². The molecule has 32 heavy (non-hydrogen) atoms. The van der Waals surface area contributed by atoms with Gasteiger partial charge in [-0.2, -0.15) is 0 Å². The van der Waals surface area contributed by atoms with E-state index < -0.39 is 11.9 Å². The fourth-order valence-electron chi connectivity index (χ4n) is 3.45. The van der Waals surface area contributed by atoms with Crippen LogP contribution in [0.25, 0.3) is 0 Å². The molecule has 1 aliphatic rings. The molecular formula is C23H26N4O5. The van der Waals surface area contributed by atoms with Crippen LogP contribution in [-0.4, -0.2) is 48.4 Å². The average molecular weight is 438 g/mol. The van der Waals surface area contributed by atoms with Gasteiger partial charge in [0.2, 0.25) is 0 Å². The Balaban J connectivity index is 1.51. The van der Waals surface area contributed by atoms with Gasteiger partial charge in [-0.15, -0.1) is 0 Å². The minimum Gasteiger partial charge on any atom is -0.452 e. The summed E-state index contributed by atoms with van der Waals surface area (Å²) < 4.78 is 10.4. The first-order chi connectivity index (χ1) is 15.3. The Morgan fingerprint density at radius 1 is 0.938 bits per heavy atom. The van der Waals surface area contributed by atoms with E-state index >= 15 is 0 Å². The number of hydrogen-bond acceptors (Lipinski definition) is 6. The van der Waals surface area contributed by atoms with Crippen molar-refractivity contribution in [3.8, 4) is 5.75 Å². The minimum absolute atomic E-state index is 0.0795. The smallest absolute Gasteiger partial charge is 0.343 e. The second-order valence-corrected chi connectivity index (χ2v) is 7.52. The lowest BCUT2D eigenvalue weighted by Crippen LogP contribution is -2.38. The SMILES string of the molecule is CN(C(=O)COC(=O)c1ccc(OC(=O)c2ccc(N=C(N)N)cc2)cc1)C1CCCC1. The number of likely N-dealkylation sites (N-methyl/N-ethyl adjacent to an activating group) is 1. The van der Waals surface area contributed by atoms with E-state index in [-0.39, 0.29) is 35.8 Å². The molecule has 0 bridgehead atoms. The van der Waals surface area contributed by atoms with Crippen molar-refractivity contribution in [2.24, 2.45) is 16.5 Å². The average Bonchev–Trinajstić information content (AvgIpc) is 3.32. The maximum Gasteiger partial charge on any atom is 0.343 e. The van der Waals surface area contributed by atoms with Gasteiger partial charge in [0.05, 0.1) is 16.8 Å². The molecule has 2 aromatic carbocycles. The number of nitrogens with zero attached hydrogens (tertiary/aromatic N) is 2. The molecule has 0 unspecified atom stereocenters. The lowest BCUT2D eigenvalue weighted by Gasteiger charge is -2.24. The van der Waals surface area contributed by atoms with Crippen LogP contribution < -0.4 is 16.2 Å². The molecule has 0 radical (unpaired) electrons. The van der Waals surface area contributed by atoms with Crippen LogP contribution in [0, 0.1) is 0 Å².